The van der Waals surface area contributed by atoms with Gasteiger partial charge in [-0.2, -0.15) is 5.10 Å². The van der Waals surface area contributed by atoms with Crippen molar-refractivity contribution < 1.29 is 4.74 Å². The monoisotopic (exact) mass is 273 g/mol. The van der Waals surface area contributed by atoms with Gasteiger partial charge in [-0.05, 0) is 32.8 Å². The summed E-state index contributed by atoms with van der Waals surface area (Å²) in [5.74, 6) is 0.729. The first-order valence-electron chi connectivity index (χ1n) is 6.50. The standard InChI is InChI=1S/C13H23N3O.ClH/c1-10(2)16-12(9-14-6-7-17-3)8-13(15-16)11-4-5-11;/h8,10-11,14H,4-7,9H2,1-3H3;1H. The Hall–Kier alpha value is -0.580. The van der Waals surface area contributed by atoms with E-state index in [-0.39, 0.29) is 12.4 Å². The molecule has 104 valence electrons. The number of ether oxygens (including phenoxy) is 1. The first-order valence-corrected chi connectivity index (χ1v) is 6.50. The van der Waals surface area contributed by atoms with Crippen molar-refractivity contribution in [3.8, 4) is 0 Å². The number of nitrogens with zero attached hydrogens (tertiary/aromatic N) is 2. The van der Waals surface area contributed by atoms with Crippen molar-refractivity contribution in [2.45, 2.75) is 45.2 Å². The molecule has 0 saturated heterocycles. The first-order chi connectivity index (χ1) is 8.22. The van der Waals surface area contributed by atoms with Crippen molar-refractivity contribution in [3.05, 3.63) is 17.5 Å². The molecule has 0 aliphatic heterocycles. The van der Waals surface area contributed by atoms with Crippen LogP contribution in [-0.4, -0.2) is 30.0 Å². The van der Waals surface area contributed by atoms with Gasteiger partial charge in [-0.3, -0.25) is 4.68 Å². The summed E-state index contributed by atoms with van der Waals surface area (Å²) in [4.78, 5) is 0. The highest BCUT2D eigenvalue weighted by atomic mass is 35.5. The molecule has 1 aromatic heterocycles. The molecule has 1 heterocycles. The average molecular weight is 274 g/mol. The van der Waals surface area contributed by atoms with Gasteiger partial charge in [0.15, 0.2) is 0 Å². The lowest BCUT2D eigenvalue weighted by atomic mass is 10.2. The number of halogens is 1. The Morgan fingerprint density at radius 2 is 2.22 bits per heavy atom. The Balaban J connectivity index is 0.00000162. The molecule has 1 aliphatic rings. The Kier molecular flexibility index (Phi) is 6.12. The molecule has 5 heteroatoms. The summed E-state index contributed by atoms with van der Waals surface area (Å²) in [6.07, 6.45) is 2.62. The molecule has 1 N–H and O–H groups in total. The van der Waals surface area contributed by atoms with Crippen molar-refractivity contribution in [2.75, 3.05) is 20.3 Å². The molecule has 18 heavy (non-hydrogen) atoms. The zero-order valence-corrected chi connectivity index (χ0v) is 12.3. The summed E-state index contributed by atoms with van der Waals surface area (Å²) in [7, 11) is 1.73. The highest BCUT2D eigenvalue weighted by Gasteiger charge is 2.27. The van der Waals surface area contributed by atoms with E-state index in [1.165, 1.54) is 24.2 Å². The SMILES string of the molecule is COCCNCc1cc(C2CC2)nn1C(C)C.Cl. The fourth-order valence-electron chi connectivity index (χ4n) is 2.00. The maximum absolute atomic E-state index is 5.03. The largest absolute Gasteiger partial charge is 0.383 e. The average Bonchev–Trinajstić information content (AvgIpc) is 3.05. The van der Waals surface area contributed by atoms with Gasteiger partial charge in [0.05, 0.1) is 18.0 Å². The molecule has 0 atom stereocenters. The molecule has 0 aromatic carbocycles. The van der Waals surface area contributed by atoms with Crippen LogP contribution >= 0.6 is 12.4 Å². The quantitative estimate of drug-likeness (QED) is 0.776. The van der Waals surface area contributed by atoms with Crippen LogP contribution in [0, 0.1) is 0 Å². The van der Waals surface area contributed by atoms with Crippen LogP contribution in [-0.2, 0) is 11.3 Å². The van der Waals surface area contributed by atoms with E-state index in [2.05, 4.69) is 29.9 Å². The zero-order chi connectivity index (χ0) is 12.3. The minimum atomic E-state index is 0. The van der Waals surface area contributed by atoms with Crippen molar-refractivity contribution in [1.29, 1.82) is 0 Å². The maximum Gasteiger partial charge on any atom is 0.0659 e. The number of nitrogens with one attached hydrogen (secondary N) is 1. The van der Waals surface area contributed by atoms with Crippen LogP contribution in [0.5, 0.6) is 0 Å². The van der Waals surface area contributed by atoms with Crippen molar-refractivity contribution >= 4 is 12.4 Å². The Morgan fingerprint density at radius 1 is 1.50 bits per heavy atom. The Morgan fingerprint density at radius 3 is 2.78 bits per heavy atom. The molecule has 0 bridgehead atoms. The van der Waals surface area contributed by atoms with Crippen LogP contribution in [0.3, 0.4) is 0 Å². The lowest BCUT2D eigenvalue weighted by Crippen LogP contribution is -2.21. The lowest BCUT2D eigenvalue weighted by Gasteiger charge is -2.11. The minimum absolute atomic E-state index is 0. The normalized spacial score (nSPS) is 14.9. The third-order valence-electron chi connectivity index (χ3n) is 3.11. The van der Waals surface area contributed by atoms with E-state index in [1.54, 1.807) is 7.11 Å². The first kappa shape index (κ1) is 15.5. The maximum atomic E-state index is 5.03. The van der Waals surface area contributed by atoms with Crippen LogP contribution in [0.25, 0.3) is 0 Å². The van der Waals surface area contributed by atoms with E-state index >= 15 is 0 Å². The van der Waals surface area contributed by atoms with Crippen LogP contribution in [0.15, 0.2) is 6.07 Å². The number of rotatable bonds is 7. The van der Waals surface area contributed by atoms with Gasteiger partial charge in [-0.25, -0.2) is 0 Å². The predicted octanol–water partition coefficient (Wildman–Crippen LogP) is 2.50. The van der Waals surface area contributed by atoms with E-state index in [0.717, 1.165) is 25.6 Å². The van der Waals surface area contributed by atoms with Gasteiger partial charge in [-0.1, -0.05) is 0 Å². The lowest BCUT2D eigenvalue weighted by molar-refractivity contribution is 0.199. The number of hydrogen-bond acceptors (Lipinski definition) is 3. The molecular formula is C13H24ClN3O. The molecule has 1 aliphatic carbocycles. The molecule has 0 radical (unpaired) electrons. The van der Waals surface area contributed by atoms with Crippen LogP contribution < -0.4 is 5.32 Å². The smallest absolute Gasteiger partial charge is 0.0659 e. The highest BCUT2D eigenvalue weighted by molar-refractivity contribution is 5.85. The number of aromatic nitrogens is 2. The zero-order valence-electron chi connectivity index (χ0n) is 11.5. The van der Waals surface area contributed by atoms with Gasteiger partial charge in [-0.15, -0.1) is 12.4 Å². The van der Waals surface area contributed by atoms with Crippen LogP contribution in [0.1, 0.15) is 50.0 Å². The molecule has 0 spiro atoms. The molecule has 0 amide bonds. The topological polar surface area (TPSA) is 39.1 Å². The van der Waals surface area contributed by atoms with Crippen molar-refractivity contribution in [1.82, 2.24) is 15.1 Å². The highest BCUT2D eigenvalue weighted by Crippen LogP contribution is 2.39. The molecule has 0 unspecified atom stereocenters. The summed E-state index contributed by atoms with van der Waals surface area (Å²) in [5.41, 5.74) is 2.57. The van der Waals surface area contributed by atoms with Crippen LogP contribution in [0.2, 0.25) is 0 Å². The molecule has 1 fully saturated rings. The van der Waals surface area contributed by atoms with E-state index in [9.17, 15) is 0 Å². The second-order valence-electron chi connectivity index (χ2n) is 5.04. The molecule has 2 rings (SSSR count). The van der Waals surface area contributed by atoms with Crippen molar-refractivity contribution in [3.63, 3.8) is 0 Å². The van der Waals surface area contributed by atoms with E-state index < -0.39 is 0 Å². The molecular weight excluding hydrogens is 250 g/mol. The van der Waals surface area contributed by atoms with Gasteiger partial charge in [0.2, 0.25) is 0 Å². The minimum Gasteiger partial charge on any atom is -0.383 e. The third-order valence-corrected chi connectivity index (χ3v) is 3.11. The second kappa shape index (κ2) is 7.12. The summed E-state index contributed by atoms with van der Waals surface area (Å²) in [6.45, 7) is 6.88. The van der Waals surface area contributed by atoms with E-state index in [1.807, 2.05) is 0 Å². The predicted molar refractivity (Wildman–Crippen MR) is 75.4 cm³/mol. The fraction of sp³-hybridized carbons (Fsp3) is 0.769. The number of methoxy groups -OCH3 is 1. The summed E-state index contributed by atoms with van der Waals surface area (Å²) in [6, 6.07) is 2.69. The van der Waals surface area contributed by atoms with Gasteiger partial charge < -0.3 is 10.1 Å². The molecule has 1 aromatic rings. The van der Waals surface area contributed by atoms with E-state index in [0.29, 0.717) is 6.04 Å². The molecule has 1 saturated carbocycles. The Labute approximate surface area is 115 Å². The van der Waals surface area contributed by atoms with Gasteiger partial charge in [0.1, 0.15) is 0 Å². The van der Waals surface area contributed by atoms with E-state index in [4.69, 9.17) is 9.84 Å². The van der Waals surface area contributed by atoms with Gasteiger partial charge in [0, 0.05) is 32.2 Å². The summed E-state index contributed by atoms with van der Waals surface area (Å²) >= 11 is 0. The Bertz CT molecular complexity index is 361. The summed E-state index contributed by atoms with van der Waals surface area (Å²) in [5, 5.41) is 8.10. The van der Waals surface area contributed by atoms with Crippen LogP contribution in [0.4, 0.5) is 0 Å². The summed E-state index contributed by atoms with van der Waals surface area (Å²) < 4.78 is 7.17. The fourth-order valence-corrected chi connectivity index (χ4v) is 2.00. The number of hydrogen-bond donors (Lipinski definition) is 1. The second-order valence-corrected chi connectivity index (χ2v) is 5.04. The van der Waals surface area contributed by atoms with Crippen molar-refractivity contribution in [2.24, 2.45) is 0 Å². The third kappa shape index (κ3) is 3.97. The van der Waals surface area contributed by atoms with Gasteiger partial charge >= 0.3 is 0 Å². The molecule has 4 nitrogen and oxygen atoms in total. The van der Waals surface area contributed by atoms with Gasteiger partial charge in [0.25, 0.3) is 0 Å².